The van der Waals surface area contributed by atoms with Crippen molar-refractivity contribution in [1.29, 1.82) is 0 Å². The van der Waals surface area contributed by atoms with Gasteiger partial charge in [-0.1, -0.05) is 25.6 Å². The highest BCUT2D eigenvalue weighted by atomic mass is 32.2. The zero-order valence-electron chi connectivity index (χ0n) is 18.6. The van der Waals surface area contributed by atoms with Crippen molar-refractivity contribution < 1.29 is 9.59 Å². The SMILES string of the molecule is CC(=O)c1ccc(NC(=O)CSc2nc(C)nc3c2c(=O)n(C)c(=O)n3CC(C)C)cc1. The fraction of sp³-hybridized carbons (Fsp3) is 0.364. The number of nitrogens with one attached hydrogen (secondary N) is 1. The predicted molar refractivity (Wildman–Crippen MR) is 124 cm³/mol. The lowest BCUT2D eigenvalue weighted by Crippen LogP contribution is -2.39. The second-order valence-electron chi connectivity index (χ2n) is 7.90. The van der Waals surface area contributed by atoms with Crippen LogP contribution in [0.5, 0.6) is 0 Å². The molecular formula is C22H25N5O4S. The molecule has 1 aromatic carbocycles. The number of aromatic nitrogens is 4. The monoisotopic (exact) mass is 455 g/mol. The van der Waals surface area contributed by atoms with Gasteiger partial charge in [-0.25, -0.2) is 14.8 Å². The number of rotatable bonds is 7. The molecule has 0 aliphatic heterocycles. The first kappa shape index (κ1) is 23.4. The molecule has 2 heterocycles. The van der Waals surface area contributed by atoms with Crippen molar-refractivity contribution in [2.45, 2.75) is 39.3 Å². The Hall–Kier alpha value is -3.27. The van der Waals surface area contributed by atoms with Crippen molar-refractivity contribution in [1.82, 2.24) is 19.1 Å². The van der Waals surface area contributed by atoms with Crippen LogP contribution in [0.3, 0.4) is 0 Å². The third kappa shape index (κ3) is 4.96. The number of fused-ring (bicyclic) bond motifs is 1. The maximum absolute atomic E-state index is 12.9. The molecule has 0 fully saturated rings. The minimum absolute atomic E-state index is 0.00642. The molecule has 1 amide bonds. The number of hydrogen-bond acceptors (Lipinski definition) is 7. The van der Waals surface area contributed by atoms with E-state index in [0.717, 1.165) is 16.3 Å². The molecule has 0 saturated carbocycles. The Morgan fingerprint density at radius 1 is 1.12 bits per heavy atom. The number of carbonyl (C=O) groups is 2. The summed E-state index contributed by atoms with van der Waals surface area (Å²) < 4.78 is 2.53. The van der Waals surface area contributed by atoms with Crippen LogP contribution in [-0.2, 0) is 18.4 Å². The number of anilines is 1. The Balaban J connectivity index is 1.91. The number of amides is 1. The summed E-state index contributed by atoms with van der Waals surface area (Å²) in [6.07, 6.45) is 0. The lowest BCUT2D eigenvalue weighted by molar-refractivity contribution is -0.113. The summed E-state index contributed by atoms with van der Waals surface area (Å²) in [5, 5.41) is 3.34. The van der Waals surface area contributed by atoms with Crippen LogP contribution < -0.4 is 16.6 Å². The minimum atomic E-state index is -0.493. The quantitative estimate of drug-likeness (QED) is 0.330. The van der Waals surface area contributed by atoms with E-state index in [2.05, 4.69) is 15.3 Å². The molecule has 3 rings (SSSR count). The molecule has 168 valence electrons. The van der Waals surface area contributed by atoms with Crippen molar-refractivity contribution in [3.05, 3.63) is 56.5 Å². The molecule has 1 N–H and O–H groups in total. The van der Waals surface area contributed by atoms with E-state index >= 15 is 0 Å². The van der Waals surface area contributed by atoms with Crippen molar-refractivity contribution in [3.63, 3.8) is 0 Å². The van der Waals surface area contributed by atoms with Crippen molar-refractivity contribution in [2.24, 2.45) is 13.0 Å². The van der Waals surface area contributed by atoms with E-state index in [9.17, 15) is 19.2 Å². The van der Waals surface area contributed by atoms with Gasteiger partial charge in [0.05, 0.1) is 5.75 Å². The predicted octanol–water partition coefficient (Wildman–Crippen LogP) is 2.39. The number of nitrogens with zero attached hydrogens (tertiary/aromatic N) is 4. The molecule has 0 radical (unpaired) electrons. The average Bonchev–Trinajstić information content (AvgIpc) is 2.73. The average molecular weight is 456 g/mol. The van der Waals surface area contributed by atoms with E-state index < -0.39 is 11.2 Å². The van der Waals surface area contributed by atoms with Crippen LogP contribution in [0.1, 0.15) is 37.0 Å². The van der Waals surface area contributed by atoms with Crippen LogP contribution in [0, 0.1) is 12.8 Å². The molecule has 3 aromatic rings. The Kier molecular flexibility index (Phi) is 6.93. The van der Waals surface area contributed by atoms with Crippen LogP contribution >= 0.6 is 11.8 Å². The molecule has 0 aliphatic rings. The smallest absolute Gasteiger partial charge is 0.325 e. The Labute approximate surface area is 188 Å². The van der Waals surface area contributed by atoms with Crippen LogP contribution in [0.4, 0.5) is 5.69 Å². The lowest BCUT2D eigenvalue weighted by atomic mass is 10.1. The van der Waals surface area contributed by atoms with Crippen LogP contribution in [-0.4, -0.2) is 36.5 Å². The summed E-state index contributed by atoms with van der Waals surface area (Å²) in [5.74, 6) is 0.238. The summed E-state index contributed by atoms with van der Waals surface area (Å²) >= 11 is 1.11. The second-order valence-corrected chi connectivity index (χ2v) is 8.86. The standard InChI is InChI=1S/C22H25N5O4S/c1-12(2)10-27-19-18(21(30)26(5)22(27)31)20(24-14(4)23-19)32-11-17(29)25-16-8-6-15(7-9-16)13(3)28/h6-9,12H,10-11H2,1-5H3,(H,25,29). The number of hydrogen-bond donors (Lipinski definition) is 1. The van der Waals surface area contributed by atoms with Crippen LogP contribution in [0.2, 0.25) is 0 Å². The number of benzene rings is 1. The molecule has 32 heavy (non-hydrogen) atoms. The topological polar surface area (TPSA) is 116 Å². The maximum atomic E-state index is 12.9. The van der Waals surface area contributed by atoms with Gasteiger partial charge in [0, 0.05) is 24.8 Å². The van der Waals surface area contributed by atoms with Crippen molar-refractivity contribution in [3.8, 4) is 0 Å². The molecule has 0 unspecified atom stereocenters. The first-order chi connectivity index (χ1) is 15.1. The summed E-state index contributed by atoms with van der Waals surface area (Å²) in [6.45, 7) is 7.51. The number of Topliss-reactive ketones (excluding diaryl/α,β-unsaturated/α-hetero) is 1. The number of thioether (sulfide) groups is 1. The molecule has 10 heteroatoms. The Bertz CT molecular complexity index is 1310. The largest absolute Gasteiger partial charge is 0.332 e. The third-order valence-electron chi connectivity index (χ3n) is 4.72. The van der Waals surface area contributed by atoms with Gasteiger partial charge in [0.15, 0.2) is 11.4 Å². The van der Waals surface area contributed by atoms with E-state index in [1.165, 1.54) is 18.5 Å². The zero-order valence-corrected chi connectivity index (χ0v) is 19.4. The first-order valence-corrected chi connectivity index (χ1v) is 11.1. The third-order valence-corrected chi connectivity index (χ3v) is 5.70. The van der Waals surface area contributed by atoms with Gasteiger partial charge in [-0.3, -0.25) is 23.5 Å². The Morgan fingerprint density at radius 2 is 1.78 bits per heavy atom. The molecular weight excluding hydrogens is 430 g/mol. The molecule has 0 saturated heterocycles. The van der Waals surface area contributed by atoms with Gasteiger partial charge in [-0.15, -0.1) is 0 Å². The molecule has 0 atom stereocenters. The second kappa shape index (κ2) is 9.47. The van der Waals surface area contributed by atoms with E-state index in [1.54, 1.807) is 31.2 Å². The van der Waals surface area contributed by atoms with Gasteiger partial charge in [0.1, 0.15) is 16.2 Å². The minimum Gasteiger partial charge on any atom is -0.325 e. The highest BCUT2D eigenvalue weighted by Crippen LogP contribution is 2.23. The fourth-order valence-corrected chi connectivity index (χ4v) is 4.05. The van der Waals surface area contributed by atoms with E-state index in [4.69, 9.17) is 0 Å². The van der Waals surface area contributed by atoms with E-state index in [0.29, 0.717) is 28.6 Å². The lowest BCUT2D eigenvalue weighted by Gasteiger charge is -2.15. The first-order valence-electron chi connectivity index (χ1n) is 10.1. The van der Waals surface area contributed by atoms with E-state index in [1.807, 2.05) is 13.8 Å². The number of ketones is 1. The molecule has 0 bridgehead atoms. The van der Waals surface area contributed by atoms with Crippen molar-refractivity contribution in [2.75, 3.05) is 11.1 Å². The van der Waals surface area contributed by atoms with Gasteiger partial charge in [0.2, 0.25) is 5.91 Å². The van der Waals surface area contributed by atoms with Crippen LogP contribution in [0.15, 0.2) is 38.9 Å². The molecule has 9 nitrogen and oxygen atoms in total. The highest BCUT2D eigenvalue weighted by molar-refractivity contribution is 8.00. The van der Waals surface area contributed by atoms with Gasteiger partial charge in [-0.05, 0) is 44.0 Å². The number of carbonyl (C=O) groups excluding carboxylic acids is 2. The normalized spacial score (nSPS) is 11.2. The summed E-state index contributed by atoms with van der Waals surface area (Å²) in [4.78, 5) is 58.1. The number of aryl methyl sites for hydroxylation is 1. The maximum Gasteiger partial charge on any atom is 0.332 e. The van der Waals surface area contributed by atoms with Gasteiger partial charge >= 0.3 is 5.69 Å². The Morgan fingerprint density at radius 3 is 2.38 bits per heavy atom. The molecule has 0 spiro atoms. The summed E-state index contributed by atoms with van der Waals surface area (Å²) in [7, 11) is 1.42. The highest BCUT2D eigenvalue weighted by Gasteiger charge is 2.19. The van der Waals surface area contributed by atoms with E-state index in [-0.39, 0.29) is 34.4 Å². The summed E-state index contributed by atoms with van der Waals surface area (Å²) in [6, 6.07) is 6.60. The van der Waals surface area contributed by atoms with Crippen LogP contribution in [0.25, 0.3) is 11.0 Å². The van der Waals surface area contributed by atoms with Crippen molar-refractivity contribution >= 4 is 40.2 Å². The van der Waals surface area contributed by atoms with Gasteiger partial charge in [0.25, 0.3) is 5.56 Å². The van der Waals surface area contributed by atoms with Gasteiger partial charge < -0.3 is 5.32 Å². The summed E-state index contributed by atoms with van der Waals surface area (Å²) in [5.41, 5.74) is 0.473. The fourth-order valence-electron chi connectivity index (χ4n) is 3.19. The van der Waals surface area contributed by atoms with Gasteiger partial charge in [-0.2, -0.15) is 0 Å². The molecule has 0 aliphatic carbocycles. The zero-order chi connectivity index (χ0) is 23.6. The molecule has 2 aromatic heterocycles.